The summed E-state index contributed by atoms with van der Waals surface area (Å²) in [6.07, 6.45) is 0. The van der Waals surface area contributed by atoms with Gasteiger partial charge in [0.1, 0.15) is 10.7 Å². The van der Waals surface area contributed by atoms with E-state index in [4.69, 9.17) is 5.84 Å². The second-order valence-electron chi connectivity index (χ2n) is 4.03. The second-order valence-corrected chi connectivity index (χ2v) is 4.79. The minimum Gasteiger partial charge on any atom is -0.313 e. The topological polar surface area (TPSA) is 101 Å². The molecular formula is C9H13N5O2S. The molecule has 2 atom stereocenters. The van der Waals surface area contributed by atoms with Crippen molar-refractivity contribution in [1.82, 2.24) is 14.5 Å². The number of nitrogen functional groups attached to an aromatic ring is 1. The van der Waals surface area contributed by atoms with Crippen molar-refractivity contribution in [2.24, 2.45) is 17.7 Å². The Kier molecular flexibility index (Phi) is 3.07. The summed E-state index contributed by atoms with van der Waals surface area (Å²) in [5.41, 5.74) is 2.96. The van der Waals surface area contributed by atoms with Gasteiger partial charge in [-0.2, -0.15) is 0 Å². The van der Waals surface area contributed by atoms with E-state index in [1.807, 2.05) is 0 Å². The molecule has 2 amide bonds. The second kappa shape index (κ2) is 4.38. The number of hydrogen-bond donors (Lipinski definition) is 2. The highest BCUT2D eigenvalue weighted by molar-refractivity contribution is 7.10. The van der Waals surface area contributed by atoms with Crippen LogP contribution in [0.5, 0.6) is 0 Å². The van der Waals surface area contributed by atoms with Crippen molar-refractivity contribution in [3.8, 4) is 0 Å². The Balaban J connectivity index is 2.20. The zero-order valence-electron chi connectivity index (χ0n) is 9.51. The highest BCUT2D eigenvalue weighted by atomic mass is 32.1. The lowest BCUT2D eigenvalue weighted by Crippen LogP contribution is -2.30. The fourth-order valence-corrected chi connectivity index (χ4v) is 2.24. The molecule has 2 unspecified atom stereocenters. The minimum atomic E-state index is -0.275. The Morgan fingerprint density at radius 1 is 1.35 bits per heavy atom. The number of carbonyl (C=O) groups is 2. The molecule has 17 heavy (non-hydrogen) atoms. The first-order valence-corrected chi connectivity index (χ1v) is 5.96. The molecule has 2 rings (SSSR count). The van der Waals surface area contributed by atoms with E-state index in [1.165, 1.54) is 4.90 Å². The van der Waals surface area contributed by atoms with Crippen LogP contribution in [0, 0.1) is 11.8 Å². The number of hydrazine groups is 1. The van der Waals surface area contributed by atoms with E-state index in [0.717, 1.165) is 11.5 Å². The summed E-state index contributed by atoms with van der Waals surface area (Å²) in [6, 6.07) is 0. The number of nitrogens with one attached hydrogen (secondary N) is 1. The molecule has 0 aliphatic carbocycles. The maximum absolute atomic E-state index is 11.9. The van der Waals surface area contributed by atoms with Gasteiger partial charge in [-0.25, -0.2) is 5.84 Å². The Morgan fingerprint density at radius 2 is 1.94 bits per heavy atom. The normalized spacial score (nSPS) is 24.5. The number of aromatic nitrogens is 2. The number of anilines is 1. The van der Waals surface area contributed by atoms with Gasteiger partial charge in [-0.3, -0.25) is 14.5 Å². The summed E-state index contributed by atoms with van der Waals surface area (Å²) in [5, 5.41) is 4.42. The third-order valence-electron chi connectivity index (χ3n) is 3.06. The van der Waals surface area contributed by atoms with Crippen LogP contribution >= 0.6 is 11.5 Å². The number of imide groups is 1. The molecule has 92 valence electrons. The maximum Gasteiger partial charge on any atom is 0.233 e. The van der Waals surface area contributed by atoms with Gasteiger partial charge in [0.15, 0.2) is 0 Å². The molecule has 1 aromatic heterocycles. The molecule has 1 fully saturated rings. The monoisotopic (exact) mass is 255 g/mol. The van der Waals surface area contributed by atoms with Crippen LogP contribution in [0.15, 0.2) is 0 Å². The van der Waals surface area contributed by atoms with Crippen LogP contribution in [0.2, 0.25) is 0 Å². The summed E-state index contributed by atoms with van der Waals surface area (Å²) in [5.74, 6) is 4.40. The van der Waals surface area contributed by atoms with E-state index in [-0.39, 0.29) is 30.2 Å². The Hall–Kier alpha value is -1.54. The zero-order chi connectivity index (χ0) is 12.6. The molecule has 0 saturated carbocycles. The molecule has 3 N–H and O–H groups in total. The number of carbonyl (C=O) groups excluding carboxylic acids is 2. The van der Waals surface area contributed by atoms with Crippen molar-refractivity contribution >= 4 is 28.3 Å². The van der Waals surface area contributed by atoms with E-state index in [0.29, 0.717) is 10.7 Å². The Labute approximate surface area is 102 Å². The largest absolute Gasteiger partial charge is 0.313 e. The van der Waals surface area contributed by atoms with Crippen molar-refractivity contribution in [2.45, 2.75) is 20.4 Å². The maximum atomic E-state index is 11.9. The zero-order valence-corrected chi connectivity index (χ0v) is 10.3. The summed E-state index contributed by atoms with van der Waals surface area (Å²) in [7, 11) is 0. The van der Waals surface area contributed by atoms with E-state index in [2.05, 4.69) is 15.0 Å². The van der Waals surface area contributed by atoms with Crippen molar-refractivity contribution in [3.63, 3.8) is 0 Å². The van der Waals surface area contributed by atoms with Crippen molar-refractivity contribution in [1.29, 1.82) is 0 Å². The lowest BCUT2D eigenvalue weighted by molar-refractivity contribution is -0.140. The highest BCUT2D eigenvalue weighted by Gasteiger charge is 2.42. The molecule has 2 heterocycles. The standard InChI is InChI=1S/C9H13N5O2S/c1-4-5(2)9(16)14(8(4)15)3-6-7(11-10)17-13-12-6/h4-5,11H,3,10H2,1-2H3. The number of rotatable bonds is 3. The van der Waals surface area contributed by atoms with Gasteiger partial charge in [0, 0.05) is 23.4 Å². The molecule has 1 aliphatic heterocycles. The van der Waals surface area contributed by atoms with Crippen LogP contribution in [0.25, 0.3) is 0 Å². The van der Waals surface area contributed by atoms with Crippen LogP contribution in [0.1, 0.15) is 19.5 Å². The molecule has 1 saturated heterocycles. The van der Waals surface area contributed by atoms with Crippen molar-refractivity contribution in [2.75, 3.05) is 5.43 Å². The summed E-state index contributed by atoms with van der Waals surface area (Å²) in [4.78, 5) is 24.9. The third kappa shape index (κ3) is 1.89. The molecule has 0 aromatic carbocycles. The third-order valence-corrected chi connectivity index (χ3v) is 3.76. The van der Waals surface area contributed by atoms with Gasteiger partial charge in [-0.1, -0.05) is 18.3 Å². The molecule has 8 heteroatoms. The number of likely N-dealkylation sites (tertiary alicyclic amines) is 1. The van der Waals surface area contributed by atoms with Gasteiger partial charge in [0.05, 0.1) is 6.54 Å². The molecule has 0 bridgehead atoms. The first-order chi connectivity index (χ1) is 8.06. The molecular weight excluding hydrogens is 242 g/mol. The van der Waals surface area contributed by atoms with E-state index in [1.54, 1.807) is 13.8 Å². The first-order valence-electron chi connectivity index (χ1n) is 5.19. The van der Waals surface area contributed by atoms with Crippen LogP contribution in [0.3, 0.4) is 0 Å². The first kappa shape index (κ1) is 11.9. The van der Waals surface area contributed by atoms with E-state index < -0.39 is 0 Å². The average molecular weight is 255 g/mol. The number of nitrogens with zero attached hydrogens (tertiary/aromatic N) is 3. The van der Waals surface area contributed by atoms with Crippen molar-refractivity contribution in [3.05, 3.63) is 5.69 Å². The van der Waals surface area contributed by atoms with Gasteiger partial charge in [0.25, 0.3) is 0 Å². The van der Waals surface area contributed by atoms with Crippen LogP contribution in [-0.4, -0.2) is 26.3 Å². The lowest BCUT2D eigenvalue weighted by atomic mass is 10.00. The highest BCUT2D eigenvalue weighted by Crippen LogP contribution is 2.28. The fraction of sp³-hybridized carbons (Fsp3) is 0.556. The average Bonchev–Trinajstić information content (AvgIpc) is 2.85. The van der Waals surface area contributed by atoms with Crippen LogP contribution < -0.4 is 11.3 Å². The van der Waals surface area contributed by atoms with E-state index in [9.17, 15) is 9.59 Å². The fourth-order valence-electron chi connectivity index (χ4n) is 1.76. The van der Waals surface area contributed by atoms with Gasteiger partial charge in [0.2, 0.25) is 11.8 Å². The van der Waals surface area contributed by atoms with Gasteiger partial charge >= 0.3 is 0 Å². The Bertz CT molecular complexity index is 440. The molecule has 1 aliphatic rings. The minimum absolute atomic E-state index is 0.127. The SMILES string of the molecule is CC1C(=O)N(Cc2nnsc2NN)C(=O)C1C. The van der Waals surface area contributed by atoms with Gasteiger partial charge < -0.3 is 5.43 Å². The predicted molar refractivity (Wildman–Crippen MR) is 61.6 cm³/mol. The summed E-state index contributed by atoms with van der Waals surface area (Å²) < 4.78 is 3.72. The smallest absolute Gasteiger partial charge is 0.233 e. The molecule has 1 aromatic rings. The number of amides is 2. The Morgan fingerprint density at radius 3 is 2.47 bits per heavy atom. The van der Waals surface area contributed by atoms with Crippen LogP contribution in [-0.2, 0) is 16.1 Å². The molecule has 0 radical (unpaired) electrons. The van der Waals surface area contributed by atoms with Gasteiger partial charge in [-0.05, 0) is 0 Å². The molecule has 0 spiro atoms. The number of hydrogen-bond acceptors (Lipinski definition) is 7. The quantitative estimate of drug-likeness (QED) is 0.446. The summed E-state index contributed by atoms with van der Waals surface area (Å²) >= 11 is 1.09. The van der Waals surface area contributed by atoms with E-state index >= 15 is 0 Å². The predicted octanol–water partition coefficient (Wildman–Crippen LogP) is -0.0353. The van der Waals surface area contributed by atoms with Crippen molar-refractivity contribution < 1.29 is 9.59 Å². The van der Waals surface area contributed by atoms with Gasteiger partial charge in [-0.15, -0.1) is 5.10 Å². The summed E-state index contributed by atoms with van der Waals surface area (Å²) in [6.45, 7) is 3.64. The molecule has 7 nitrogen and oxygen atoms in total. The lowest BCUT2D eigenvalue weighted by Gasteiger charge is -2.13. The number of nitrogens with two attached hydrogens (primary N) is 1. The van der Waals surface area contributed by atoms with Crippen LogP contribution in [0.4, 0.5) is 5.00 Å².